The summed E-state index contributed by atoms with van der Waals surface area (Å²) in [6, 6.07) is 10.2. The maximum atomic E-state index is 12.1. The minimum Gasteiger partial charge on any atom is -0.481 e. The van der Waals surface area contributed by atoms with Gasteiger partial charge >= 0.3 is 5.97 Å². The summed E-state index contributed by atoms with van der Waals surface area (Å²) in [5.74, 6) is -0.462. The summed E-state index contributed by atoms with van der Waals surface area (Å²) in [7, 11) is 0. The van der Waals surface area contributed by atoms with Crippen molar-refractivity contribution in [2.75, 3.05) is 0 Å². The molecule has 2 N–H and O–H groups in total. The van der Waals surface area contributed by atoms with E-state index in [1.165, 1.54) is 10.1 Å². The predicted molar refractivity (Wildman–Crippen MR) is 96.3 cm³/mol. The number of nitrogens with zero attached hydrogens (tertiary/aromatic N) is 1. The van der Waals surface area contributed by atoms with Crippen LogP contribution >= 0.6 is 11.3 Å². The van der Waals surface area contributed by atoms with E-state index in [4.69, 9.17) is 5.11 Å². The summed E-state index contributed by atoms with van der Waals surface area (Å²) < 4.78 is 1.21. The number of rotatable bonds is 5. The van der Waals surface area contributed by atoms with Crippen molar-refractivity contribution in [3.05, 3.63) is 62.6 Å². The third kappa shape index (κ3) is 3.60. The van der Waals surface area contributed by atoms with Crippen LogP contribution in [0.4, 0.5) is 0 Å². The molecule has 0 aliphatic carbocycles. The van der Waals surface area contributed by atoms with Crippen LogP contribution in [0, 0.1) is 6.92 Å². The molecule has 2 heterocycles. The minimum atomic E-state index is -0.928. The van der Waals surface area contributed by atoms with Gasteiger partial charge in [0.2, 0.25) is 0 Å². The average molecular weight is 340 g/mol. The first-order chi connectivity index (χ1) is 11.5. The molecule has 0 unspecified atom stereocenters. The Balaban J connectivity index is 1.84. The van der Waals surface area contributed by atoms with Crippen molar-refractivity contribution in [2.45, 2.75) is 19.8 Å². The second-order valence-electron chi connectivity index (χ2n) is 5.43. The molecule has 3 rings (SSSR count). The molecule has 0 radical (unpaired) electrons. The summed E-state index contributed by atoms with van der Waals surface area (Å²) in [5, 5.41) is 9.92. The quantitative estimate of drug-likeness (QED) is 0.745. The van der Waals surface area contributed by atoms with E-state index in [1.54, 1.807) is 24.3 Å². The van der Waals surface area contributed by atoms with Crippen LogP contribution in [0.5, 0.6) is 0 Å². The number of aromatic amines is 1. The van der Waals surface area contributed by atoms with E-state index in [-0.39, 0.29) is 18.4 Å². The molecule has 0 saturated heterocycles. The number of thiophene rings is 1. The standard InChI is InChI=1S/C18H16N2O3S/c1-11-14(7-9-17(21)22)18(23)20-16(19-11)8-6-13-10-12-4-2-3-5-15(12)24-13/h2-6,8,10H,7,9H2,1H3,(H,21,22)(H,19,20,23). The summed E-state index contributed by atoms with van der Waals surface area (Å²) >= 11 is 1.67. The smallest absolute Gasteiger partial charge is 0.303 e. The van der Waals surface area contributed by atoms with Crippen LogP contribution in [0.1, 0.15) is 28.4 Å². The van der Waals surface area contributed by atoms with Crippen LogP contribution in [0.15, 0.2) is 35.1 Å². The molecule has 0 aliphatic rings. The molecule has 0 aliphatic heterocycles. The number of nitrogens with one attached hydrogen (secondary N) is 1. The second-order valence-corrected chi connectivity index (χ2v) is 6.54. The van der Waals surface area contributed by atoms with Crippen LogP contribution in [-0.4, -0.2) is 21.0 Å². The number of H-pyrrole nitrogens is 1. The summed E-state index contributed by atoms with van der Waals surface area (Å²) in [6.07, 6.45) is 3.78. The van der Waals surface area contributed by atoms with Gasteiger partial charge in [-0.05, 0) is 43.0 Å². The molecule has 5 nitrogen and oxygen atoms in total. The van der Waals surface area contributed by atoms with E-state index in [0.717, 1.165) is 4.88 Å². The number of carboxylic acids is 1. The molecule has 2 aromatic heterocycles. The van der Waals surface area contributed by atoms with E-state index in [9.17, 15) is 9.59 Å². The molecule has 0 saturated carbocycles. The van der Waals surface area contributed by atoms with Crippen LogP contribution < -0.4 is 5.56 Å². The fraction of sp³-hybridized carbons (Fsp3) is 0.167. The van der Waals surface area contributed by atoms with Gasteiger partial charge in [0.25, 0.3) is 5.56 Å². The molecular weight excluding hydrogens is 324 g/mol. The molecule has 3 aromatic rings. The first kappa shape index (κ1) is 16.1. The number of benzene rings is 1. The lowest BCUT2D eigenvalue weighted by atomic mass is 10.1. The van der Waals surface area contributed by atoms with Crippen LogP contribution in [0.2, 0.25) is 0 Å². The van der Waals surface area contributed by atoms with Gasteiger partial charge in [-0.2, -0.15) is 0 Å². The Bertz CT molecular complexity index is 952. The minimum absolute atomic E-state index is 0.0808. The van der Waals surface area contributed by atoms with E-state index >= 15 is 0 Å². The fourth-order valence-electron chi connectivity index (χ4n) is 2.48. The normalized spacial score (nSPS) is 11.4. The molecule has 0 fully saturated rings. The van der Waals surface area contributed by atoms with E-state index < -0.39 is 5.97 Å². The zero-order valence-electron chi connectivity index (χ0n) is 13.1. The van der Waals surface area contributed by atoms with E-state index in [2.05, 4.69) is 28.2 Å². The molecule has 6 heteroatoms. The van der Waals surface area contributed by atoms with E-state index in [1.807, 2.05) is 18.2 Å². The van der Waals surface area contributed by atoms with Crippen molar-refractivity contribution in [1.82, 2.24) is 9.97 Å². The summed E-state index contributed by atoms with van der Waals surface area (Å²) in [6.45, 7) is 1.73. The van der Waals surface area contributed by atoms with Gasteiger partial charge in [-0.25, -0.2) is 4.98 Å². The first-order valence-electron chi connectivity index (χ1n) is 7.51. The number of carboxylic acid groups (broad SMARTS) is 1. The van der Waals surface area contributed by atoms with Crippen molar-refractivity contribution in [3.8, 4) is 0 Å². The number of aryl methyl sites for hydroxylation is 1. The van der Waals surface area contributed by atoms with Crippen LogP contribution in [0.25, 0.3) is 22.2 Å². The zero-order valence-corrected chi connectivity index (χ0v) is 13.9. The van der Waals surface area contributed by atoms with Crippen molar-refractivity contribution in [2.24, 2.45) is 0 Å². The van der Waals surface area contributed by atoms with Gasteiger partial charge in [-0.1, -0.05) is 18.2 Å². The highest BCUT2D eigenvalue weighted by Crippen LogP contribution is 2.26. The number of fused-ring (bicyclic) bond motifs is 1. The van der Waals surface area contributed by atoms with Gasteiger partial charge in [0.05, 0.1) is 0 Å². The number of carbonyl (C=O) groups is 1. The molecule has 0 bridgehead atoms. The Hall–Kier alpha value is -2.73. The first-order valence-corrected chi connectivity index (χ1v) is 8.33. The molecule has 24 heavy (non-hydrogen) atoms. The molecule has 0 atom stereocenters. The highest BCUT2D eigenvalue weighted by molar-refractivity contribution is 7.19. The SMILES string of the molecule is Cc1nc(C=Cc2cc3ccccc3s2)[nH]c(=O)c1CCC(=O)O. The topological polar surface area (TPSA) is 83.0 Å². The van der Waals surface area contributed by atoms with Crippen molar-refractivity contribution >= 4 is 39.5 Å². The average Bonchev–Trinajstić information content (AvgIpc) is 2.94. The summed E-state index contributed by atoms with van der Waals surface area (Å²) in [5.41, 5.74) is 0.715. The lowest BCUT2D eigenvalue weighted by Crippen LogP contribution is -2.18. The van der Waals surface area contributed by atoms with E-state index in [0.29, 0.717) is 17.1 Å². The largest absolute Gasteiger partial charge is 0.481 e. The summed E-state index contributed by atoms with van der Waals surface area (Å²) in [4.78, 5) is 30.9. The zero-order chi connectivity index (χ0) is 17.1. The maximum absolute atomic E-state index is 12.1. The van der Waals surface area contributed by atoms with Gasteiger partial charge in [-0.15, -0.1) is 11.3 Å². The Labute approximate surface area is 142 Å². The lowest BCUT2D eigenvalue weighted by molar-refractivity contribution is -0.136. The number of hydrogen-bond acceptors (Lipinski definition) is 4. The maximum Gasteiger partial charge on any atom is 0.303 e. The third-order valence-electron chi connectivity index (χ3n) is 3.68. The molecular formula is C18H16N2O3S. The predicted octanol–water partition coefficient (Wildman–Crippen LogP) is 3.48. The van der Waals surface area contributed by atoms with Gasteiger partial charge < -0.3 is 10.1 Å². The Morgan fingerprint density at radius 3 is 2.83 bits per heavy atom. The van der Waals surface area contributed by atoms with Crippen molar-refractivity contribution < 1.29 is 9.90 Å². The number of hydrogen-bond donors (Lipinski definition) is 2. The van der Waals surface area contributed by atoms with Gasteiger partial charge in [0.15, 0.2) is 0 Å². The molecule has 0 amide bonds. The molecule has 122 valence electrons. The number of aromatic nitrogens is 2. The fourth-order valence-corrected chi connectivity index (χ4v) is 3.45. The van der Waals surface area contributed by atoms with Crippen molar-refractivity contribution in [1.29, 1.82) is 0 Å². The van der Waals surface area contributed by atoms with Gasteiger partial charge in [0.1, 0.15) is 5.82 Å². The second kappa shape index (κ2) is 6.80. The van der Waals surface area contributed by atoms with Gasteiger partial charge in [-0.3, -0.25) is 9.59 Å². The van der Waals surface area contributed by atoms with Crippen LogP contribution in [-0.2, 0) is 11.2 Å². The molecule has 0 spiro atoms. The highest BCUT2D eigenvalue weighted by Gasteiger charge is 2.09. The van der Waals surface area contributed by atoms with Crippen molar-refractivity contribution in [3.63, 3.8) is 0 Å². The van der Waals surface area contributed by atoms with Gasteiger partial charge in [0, 0.05) is 27.3 Å². The Morgan fingerprint density at radius 1 is 1.33 bits per heavy atom. The third-order valence-corrected chi connectivity index (χ3v) is 4.76. The Kier molecular flexibility index (Phi) is 4.57. The monoisotopic (exact) mass is 340 g/mol. The number of aliphatic carboxylic acids is 1. The highest BCUT2D eigenvalue weighted by atomic mass is 32.1. The molecule has 1 aromatic carbocycles. The Morgan fingerprint density at radius 2 is 2.12 bits per heavy atom. The van der Waals surface area contributed by atoms with Crippen LogP contribution in [0.3, 0.4) is 0 Å². The lowest BCUT2D eigenvalue weighted by Gasteiger charge is -2.03.